The van der Waals surface area contributed by atoms with E-state index >= 15 is 0 Å². The van der Waals surface area contributed by atoms with E-state index in [-0.39, 0.29) is 12.4 Å². The lowest BCUT2D eigenvalue weighted by atomic mass is 9.85. The Kier molecular flexibility index (Phi) is 3.44. The van der Waals surface area contributed by atoms with Crippen molar-refractivity contribution < 1.29 is 9.50 Å². The lowest BCUT2D eigenvalue weighted by molar-refractivity contribution is 0.275. The Morgan fingerprint density at radius 2 is 2.19 bits per heavy atom. The van der Waals surface area contributed by atoms with Gasteiger partial charge in [-0.25, -0.2) is 4.39 Å². The van der Waals surface area contributed by atoms with Crippen LogP contribution in [-0.2, 0) is 6.61 Å². The first kappa shape index (κ1) is 11.4. The number of aliphatic hydroxyl groups is 1. The maximum absolute atomic E-state index is 13.5. The van der Waals surface area contributed by atoms with Crippen molar-refractivity contribution in [2.45, 2.75) is 25.9 Å². The number of aliphatic hydroxyl groups excluding tert-OH is 1. The molecule has 0 bridgehead atoms. The van der Waals surface area contributed by atoms with Crippen molar-refractivity contribution in [2.75, 3.05) is 18.5 Å². The predicted molar refractivity (Wildman–Crippen MR) is 62.9 cm³/mol. The summed E-state index contributed by atoms with van der Waals surface area (Å²) in [6.07, 6.45) is 3.86. The molecule has 16 heavy (non-hydrogen) atoms. The average molecular weight is 223 g/mol. The highest BCUT2D eigenvalue weighted by atomic mass is 19.1. The molecule has 0 heterocycles. The minimum atomic E-state index is -0.319. The van der Waals surface area contributed by atoms with Crippen LogP contribution in [-0.4, -0.2) is 18.7 Å². The van der Waals surface area contributed by atoms with Crippen molar-refractivity contribution in [3.63, 3.8) is 0 Å². The number of benzene rings is 1. The molecule has 0 aliphatic heterocycles. The maximum Gasteiger partial charge on any atom is 0.130 e. The number of rotatable bonds is 4. The van der Waals surface area contributed by atoms with Crippen LogP contribution < -0.4 is 4.90 Å². The van der Waals surface area contributed by atoms with E-state index in [0.717, 1.165) is 18.2 Å². The van der Waals surface area contributed by atoms with E-state index in [2.05, 4.69) is 4.90 Å². The molecule has 0 unspecified atom stereocenters. The van der Waals surface area contributed by atoms with Crippen molar-refractivity contribution >= 4 is 5.69 Å². The minimum absolute atomic E-state index is 0.239. The number of nitrogens with zero attached hydrogens (tertiary/aromatic N) is 1. The summed E-state index contributed by atoms with van der Waals surface area (Å²) in [6.45, 7) is 0.716. The van der Waals surface area contributed by atoms with Crippen molar-refractivity contribution in [3.8, 4) is 0 Å². The Hall–Kier alpha value is -1.09. The number of hydrogen-bond acceptors (Lipinski definition) is 2. The van der Waals surface area contributed by atoms with Gasteiger partial charge < -0.3 is 10.0 Å². The molecule has 0 aromatic heterocycles. The van der Waals surface area contributed by atoms with E-state index < -0.39 is 0 Å². The van der Waals surface area contributed by atoms with Crippen molar-refractivity contribution in [3.05, 3.63) is 29.6 Å². The van der Waals surface area contributed by atoms with Gasteiger partial charge in [-0.1, -0.05) is 12.5 Å². The standard InChI is InChI=1S/C13H18FNO/c1-15(8-10-4-2-5-10)13-7-3-6-12(14)11(13)9-16/h3,6-7,10,16H,2,4-5,8-9H2,1H3. The van der Waals surface area contributed by atoms with Crippen LogP contribution in [0.15, 0.2) is 18.2 Å². The molecule has 1 aliphatic rings. The van der Waals surface area contributed by atoms with Gasteiger partial charge in [0.25, 0.3) is 0 Å². The van der Waals surface area contributed by atoms with E-state index in [1.54, 1.807) is 6.07 Å². The second-order valence-corrected chi connectivity index (χ2v) is 4.57. The normalized spacial score (nSPS) is 15.9. The second-order valence-electron chi connectivity index (χ2n) is 4.57. The molecule has 0 radical (unpaired) electrons. The van der Waals surface area contributed by atoms with Crippen LogP contribution in [0.25, 0.3) is 0 Å². The van der Waals surface area contributed by atoms with Crippen LogP contribution in [0.3, 0.4) is 0 Å². The highest BCUT2D eigenvalue weighted by Gasteiger charge is 2.20. The fourth-order valence-corrected chi connectivity index (χ4v) is 2.22. The molecule has 1 N–H and O–H groups in total. The third-order valence-electron chi connectivity index (χ3n) is 3.42. The lowest BCUT2D eigenvalue weighted by Gasteiger charge is -2.32. The Bertz CT molecular complexity index is 363. The van der Waals surface area contributed by atoms with E-state index in [1.807, 2.05) is 13.1 Å². The molecule has 0 saturated heterocycles. The molecular weight excluding hydrogens is 205 g/mol. The van der Waals surface area contributed by atoms with Crippen LogP contribution in [0.1, 0.15) is 24.8 Å². The van der Waals surface area contributed by atoms with Crippen molar-refractivity contribution in [1.29, 1.82) is 0 Å². The zero-order valence-electron chi connectivity index (χ0n) is 9.62. The molecule has 3 heteroatoms. The molecule has 2 nitrogen and oxygen atoms in total. The van der Waals surface area contributed by atoms with E-state index in [0.29, 0.717) is 5.56 Å². The number of anilines is 1. The van der Waals surface area contributed by atoms with Gasteiger partial charge in [-0.3, -0.25) is 0 Å². The van der Waals surface area contributed by atoms with Crippen LogP contribution in [0, 0.1) is 11.7 Å². The van der Waals surface area contributed by atoms with Gasteiger partial charge in [-0.2, -0.15) is 0 Å². The number of halogens is 1. The van der Waals surface area contributed by atoms with E-state index in [9.17, 15) is 9.50 Å². The van der Waals surface area contributed by atoms with Crippen LogP contribution in [0.5, 0.6) is 0 Å². The second kappa shape index (κ2) is 4.83. The molecule has 1 aliphatic carbocycles. The van der Waals surface area contributed by atoms with Crippen molar-refractivity contribution in [1.82, 2.24) is 0 Å². The Balaban J connectivity index is 2.14. The molecule has 1 aromatic carbocycles. The molecule has 2 rings (SSSR count). The van der Waals surface area contributed by atoms with Gasteiger partial charge in [0.15, 0.2) is 0 Å². The summed E-state index contributed by atoms with van der Waals surface area (Å²) in [7, 11) is 1.96. The fraction of sp³-hybridized carbons (Fsp3) is 0.538. The largest absolute Gasteiger partial charge is 0.391 e. The third-order valence-corrected chi connectivity index (χ3v) is 3.42. The highest BCUT2D eigenvalue weighted by Crippen LogP contribution is 2.30. The van der Waals surface area contributed by atoms with Gasteiger partial charge in [-0.15, -0.1) is 0 Å². The monoisotopic (exact) mass is 223 g/mol. The van der Waals surface area contributed by atoms with Crippen LogP contribution in [0.4, 0.5) is 10.1 Å². The molecule has 0 spiro atoms. The minimum Gasteiger partial charge on any atom is -0.391 e. The molecule has 88 valence electrons. The summed E-state index contributed by atoms with van der Waals surface area (Å²) in [5, 5.41) is 9.19. The van der Waals surface area contributed by atoms with Gasteiger partial charge >= 0.3 is 0 Å². The molecule has 0 atom stereocenters. The molecular formula is C13H18FNO. The van der Waals surface area contributed by atoms with Crippen LogP contribution in [0.2, 0.25) is 0 Å². The highest BCUT2D eigenvalue weighted by molar-refractivity contribution is 5.53. The van der Waals surface area contributed by atoms with E-state index in [1.165, 1.54) is 25.3 Å². The van der Waals surface area contributed by atoms with Crippen molar-refractivity contribution in [2.24, 2.45) is 5.92 Å². The summed E-state index contributed by atoms with van der Waals surface area (Å²) < 4.78 is 13.5. The van der Waals surface area contributed by atoms with Gasteiger partial charge in [0.05, 0.1) is 6.61 Å². The Labute approximate surface area is 95.7 Å². The van der Waals surface area contributed by atoms with Crippen LogP contribution >= 0.6 is 0 Å². The topological polar surface area (TPSA) is 23.5 Å². The first-order valence-corrected chi connectivity index (χ1v) is 5.81. The molecule has 1 saturated carbocycles. The first-order valence-electron chi connectivity index (χ1n) is 5.81. The van der Waals surface area contributed by atoms with Gasteiger partial charge in [0.1, 0.15) is 5.82 Å². The fourth-order valence-electron chi connectivity index (χ4n) is 2.22. The zero-order valence-corrected chi connectivity index (χ0v) is 9.62. The van der Waals surface area contributed by atoms with Gasteiger partial charge in [-0.05, 0) is 30.9 Å². The summed E-state index contributed by atoms with van der Waals surface area (Å²) in [5.74, 6) is 0.417. The maximum atomic E-state index is 13.5. The summed E-state index contributed by atoms with van der Waals surface area (Å²) in [6, 6.07) is 4.96. The molecule has 0 amide bonds. The molecule has 1 aromatic rings. The smallest absolute Gasteiger partial charge is 0.130 e. The Morgan fingerprint density at radius 3 is 2.75 bits per heavy atom. The molecule has 1 fully saturated rings. The quantitative estimate of drug-likeness (QED) is 0.848. The van der Waals surface area contributed by atoms with E-state index in [4.69, 9.17) is 0 Å². The summed E-state index contributed by atoms with van der Waals surface area (Å²) >= 11 is 0. The summed E-state index contributed by atoms with van der Waals surface area (Å²) in [4.78, 5) is 2.05. The SMILES string of the molecule is CN(CC1CCC1)c1cccc(F)c1CO. The predicted octanol–water partition coefficient (Wildman–Crippen LogP) is 2.55. The lowest BCUT2D eigenvalue weighted by Crippen LogP contribution is -2.30. The summed E-state index contributed by atoms with van der Waals surface area (Å²) in [5.41, 5.74) is 1.22. The number of hydrogen-bond donors (Lipinski definition) is 1. The average Bonchev–Trinajstić information content (AvgIpc) is 2.22. The zero-order chi connectivity index (χ0) is 11.5. The third kappa shape index (κ3) is 2.19. The Morgan fingerprint density at radius 1 is 1.44 bits per heavy atom. The van der Waals surface area contributed by atoms with Gasteiger partial charge in [0, 0.05) is 24.8 Å². The van der Waals surface area contributed by atoms with Gasteiger partial charge in [0.2, 0.25) is 0 Å². The first-order chi connectivity index (χ1) is 7.72.